The predicted molar refractivity (Wildman–Crippen MR) is 79.2 cm³/mol. The Hall–Kier alpha value is -1.55. The zero-order chi connectivity index (χ0) is 13.8. The molecule has 0 aromatic heterocycles. The van der Waals surface area contributed by atoms with E-state index in [9.17, 15) is 4.39 Å². The minimum absolute atomic E-state index is 0.252. The Balaban J connectivity index is 2.08. The van der Waals surface area contributed by atoms with Gasteiger partial charge in [0.15, 0.2) is 0 Å². The summed E-state index contributed by atoms with van der Waals surface area (Å²) in [7, 11) is 1.66. The zero-order valence-electron chi connectivity index (χ0n) is 10.8. The van der Waals surface area contributed by atoms with Gasteiger partial charge in [0.05, 0.1) is 7.11 Å². The molecule has 0 aliphatic carbocycles. The normalized spacial score (nSPS) is 10.3. The molecule has 0 fully saturated rings. The fourth-order valence-corrected chi connectivity index (χ4v) is 2.37. The molecule has 0 heterocycles. The van der Waals surface area contributed by atoms with Gasteiger partial charge in [-0.2, -0.15) is 0 Å². The summed E-state index contributed by atoms with van der Waals surface area (Å²) in [6.07, 6.45) is 0. The summed E-state index contributed by atoms with van der Waals surface area (Å²) in [5.41, 5.74) is 3.12. The van der Waals surface area contributed by atoms with Crippen LogP contribution in [0.1, 0.15) is 11.1 Å². The first-order valence-electron chi connectivity index (χ1n) is 5.92. The van der Waals surface area contributed by atoms with Crippen molar-refractivity contribution in [3.63, 3.8) is 0 Å². The number of ether oxygens (including phenoxy) is 1. The van der Waals surface area contributed by atoms with Gasteiger partial charge in [0.25, 0.3) is 0 Å². The van der Waals surface area contributed by atoms with Crippen molar-refractivity contribution in [1.82, 2.24) is 0 Å². The van der Waals surface area contributed by atoms with Crippen LogP contribution in [0.3, 0.4) is 0 Å². The monoisotopic (exact) mass is 323 g/mol. The topological polar surface area (TPSA) is 21.3 Å². The van der Waals surface area contributed by atoms with Crippen LogP contribution >= 0.6 is 15.9 Å². The molecular formula is C15H15BrFNO. The molecule has 2 aromatic rings. The molecule has 0 spiro atoms. The first-order chi connectivity index (χ1) is 9.10. The molecule has 0 aliphatic rings. The van der Waals surface area contributed by atoms with Crippen molar-refractivity contribution in [3.8, 4) is 5.75 Å². The van der Waals surface area contributed by atoms with Gasteiger partial charge < -0.3 is 10.1 Å². The van der Waals surface area contributed by atoms with Gasteiger partial charge in [-0.05, 0) is 58.2 Å². The van der Waals surface area contributed by atoms with Crippen molar-refractivity contribution in [2.75, 3.05) is 12.4 Å². The summed E-state index contributed by atoms with van der Waals surface area (Å²) in [4.78, 5) is 0. The Bertz CT molecular complexity index is 586. The number of nitrogens with one attached hydrogen (secondary N) is 1. The lowest BCUT2D eigenvalue weighted by molar-refractivity contribution is 0.411. The number of hydrogen-bond donors (Lipinski definition) is 1. The molecule has 0 bridgehead atoms. The summed E-state index contributed by atoms with van der Waals surface area (Å²) >= 11 is 3.34. The van der Waals surface area contributed by atoms with Crippen molar-refractivity contribution in [3.05, 3.63) is 57.8 Å². The molecule has 0 saturated heterocycles. The molecule has 4 heteroatoms. The first kappa shape index (κ1) is 13.9. The molecule has 0 aliphatic heterocycles. The smallest absolute Gasteiger partial charge is 0.124 e. The first-order valence-corrected chi connectivity index (χ1v) is 6.72. The second-order valence-electron chi connectivity index (χ2n) is 4.28. The van der Waals surface area contributed by atoms with E-state index in [1.54, 1.807) is 13.2 Å². The van der Waals surface area contributed by atoms with Gasteiger partial charge in [0.1, 0.15) is 11.6 Å². The Labute approximate surface area is 120 Å². The maximum absolute atomic E-state index is 13.0. The molecule has 0 amide bonds. The summed E-state index contributed by atoms with van der Waals surface area (Å²) in [6.45, 7) is 2.69. The van der Waals surface area contributed by atoms with Crippen LogP contribution in [-0.4, -0.2) is 7.11 Å². The van der Waals surface area contributed by atoms with E-state index in [-0.39, 0.29) is 5.82 Å². The summed E-state index contributed by atoms with van der Waals surface area (Å²) in [6, 6.07) is 10.6. The van der Waals surface area contributed by atoms with Gasteiger partial charge in [-0.1, -0.05) is 12.1 Å². The minimum Gasteiger partial charge on any atom is -0.496 e. The average molecular weight is 324 g/mol. The Morgan fingerprint density at radius 2 is 2.00 bits per heavy atom. The minimum atomic E-state index is -0.252. The van der Waals surface area contributed by atoms with E-state index in [2.05, 4.69) is 27.3 Å². The van der Waals surface area contributed by atoms with Gasteiger partial charge >= 0.3 is 0 Å². The number of benzene rings is 2. The van der Waals surface area contributed by atoms with Gasteiger partial charge in [0.2, 0.25) is 0 Å². The lowest BCUT2D eigenvalue weighted by Gasteiger charge is -2.11. The van der Waals surface area contributed by atoms with E-state index >= 15 is 0 Å². The number of hydrogen-bond acceptors (Lipinski definition) is 2. The van der Waals surface area contributed by atoms with Gasteiger partial charge in [-0.25, -0.2) is 4.39 Å². The molecule has 19 heavy (non-hydrogen) atoms. The van der Waals surface area contributed by atoms with Crippen molar-refractivity contribution in [2.24, 2.45) is 0 Å². The molecule has 0 unspecified atom stereocenters. The largest absolute Gasteiger partial charge is 0.496 e. The van der Waals surface area contributed by atoms with Gasteiger partial charge in [-0.3, -0.25) is 0 Å². The number of methoxy groups -OCH3 is 1. The van der Waals surface area contributed by atoms with E-state index in [0.29, 0.717) is 6.54 Å². The average Bonchev–Trinajstić information content (AvgIpc) is 2.38. The SMILES string of the molecule is COc1ccc(CNc2ccc(F)cc2Br)cc1C. The van der Waals surface area contributed by atoms with Crippen LogP contribution in [0, 0.1) is 12.7 Å². The van der Waals surface area contributed by atoms with Crippen LogP contribution in [0.15, 0.2) is 40.9 Å². The van der Waals surface area contributed by atoms with E-state index < -0.39 is 0 Å². The molecule has 0 radical (unpaired) electrons. The van der Waals surface area contributed by atoms with Gasteiger partial charge in [0, 0.05) is 16.7 Å². The maximum atomic E-state index is 13.0. The summed E-state index contributed by atoms with van der Waals surface area (Å²) in [5.74, 6) is 0.629. The Kier molecular flexibility index (Phi) is 4.43. The number of aryl methyl sites for hydroxylation is 1. The second-order valence-corrected chi connectivity index (χ2v) is 5.14. The molecule has 2 rings (SSSR count). The highest BCUT2D eigenvalue weighted by atomic mass is 79.9. The van der Waals surface area contributed by atoms with Crippen LogP contribution in [0.25, 0.3) is 0 Å². The van der Waals surface area contributed by atoms with E-state index in [1.165, 1.54) is 12.1 Å². The Morgan fingerprint density at radius 3 is 2.63 bits per heavy atom. The lowest BCUT2D eigenvalue weighted by atomic mass is 10.1. The van der Waals surface area contributed by atoms with E-state index in [4.69, 9.17) is 4.74 Å². The maximum Gasteiger partial charge on any atom is 0.124 e. The fourth-order valence-electron chi connectivity index (χ4n) is 1.88. The lowest BCUT2D eigenvalue weighted by Crippen LogP contribution is -2.01. The van der Waals surface area contributed by atoms with Crippen LogP contribution in [-0.2, 0) is 6.54 Å². The van der Waals surface area contributed by atoms with E-state index in [1.807, 2.05) is 19.1 Å². The highest BCUT2D eigenvalue weighted by Gasteiger charge is 2.03. The van der Waals surface area contributed by atoms with Crippen molar-refractivity contribution < 1.29 is 9.13 Å². The predicted octanol–water partition coefficient (Wildman–Crippen LogP) is 4.52. The van der Waals surface area contributed by atoms with Gasteiger partial charge in [-0.15, -0.1) is 0 Å². The summed E-state index contributed by atoms with van der Waals surface area (Å²) in [5, 5.41) is 3.27. The second kappa shape index (κ2) is 6.06. The molecule has 2 nitrogen and oxygen atoms in total. The third kappa shape index (κ3) is 3.47. The molecule has 0 atom stereocenters. The highest BCUT2D eigenvalue weighted by Crippen LogP contribution is 2.24. The van der Waals surface area contributed by atoms with E-state index in [0.717, 1.165) is 27.0 Å². The summed E-state index contributed by atoms with van der Waals surface area (Å²) < 4.78 is 18.9. The fraction of sp³-hybridized carbons (Fsp3) is 0.200. The quantitative estimate of drug-likeness (QED) is 0.893. The van der Waals surface area contributed by atoms with Crippen LogP contribution in [0.5, 0.6) is 5.75 Å². The molecular weight excluding hydrogens is 309 g/mol. The van der Waals surface area contributed by atoms with Crippen molar-refractivity contribution in [1.29, 1.82) is 0 Å². The number of anilines is 1. The van der Waals surface area contributed by atoms with Crippen LogP contribution < -0.4 is 10.1 Å². The standard InChI is InChI=1S/C15H15BrFNO/c1-10-7-11(3-6-15(10)19-2)9-18-14-5-4-12(17)8-13(14)16/h3-8,18H,9H2,1-2H3. The van der Waals surface area contributed by atoms with Crippen LogP contribution in [0.4, 0.5) is 10.1 Å². The van der Waals surface area contributed by atoms with Crippen LogP contribution in [0.2, 0.25) is 0 Å². The third-order valence-electron chi connectivity index (χ3n) is 2.87. The number of rotatable bonds is 4. The van der Waals surface area contributed by atoms with Crippen molar-refractivity contribution >= 4 is 21.6 Å². The number of halogens is 2. The third-order valence-corrected chi connectivity index (χ3v) is 3.53. The molecule has 0 saturated carbocycles. The highest BCUT2D eigenvalue weighted by molar-refractivity contribution is 9.10. The van der Waals surface area contributed by atoms with Crippen molar-refractivity contribution in [2.45, 2.75) is 13.5 Å². The molecule has 1 N–H and O–H groups in total. The zero-order valence-corrected chi connectivity index (χ0v) is 12.4. The molecule has 100 valence electrons. The Morgan fingerprint density at radius 1 is 1.21 bits per heavy atom. The molecule has 2 aromatic carbocycles.